The molecule has 1 aliphatic rings. The molecule has 92 valence electrons. The van der Waals surface area contributed by atoms with Gasteiger partial charge in [-0.15, -0.1) is 0 Å². The van der Waals surface area contributed by atoms with E-state index in [4.69, 9.17) is 11.6 Å². The molecule has 0 atom stereocenters. The predicted molar refractivity (Wildman–Crippen MR) is 70.0 cm³/mol. The van der Waals surface area contributed by atoms with Gasteiger partial charge in [-0.05, 0) is 24.3 Å². The van der Waals surface area contributed by atoms with Crippen molar-refractivity contribution in [3.8, 4) is 0 Å². The Hall–Kier alpha value is -1.06. The fourth-order valence-corrected chi connectivity index (χ4v) is 2.23. The Morgan fingerprint density at radius 2 is 1.76 bits per heavy atom. The van der Waals surface area contributed by atoms with Gasteiger partial charge in [0.15, 0.2) is 0 Å². The van der Waals surface area contributed by atoms with E-state index in [0.717, 1.165) is 38.4 Å². The normalized spacial score (nSPS) is 17.2. The van der Waals surface area contributed by atoms with E-state index in [-0.39, 0.29) is 5.82 Å². The average Bonchev–Trinajstić information content (AvgIpc) is 2.30. The first-order valence-corrected chi connectivity index (χ1v) is 6.09. The molecule has 0 bridgehead atoms. The number of nitrogens with zero attached hydrogens (tertiary/aromatic N) is 2. The molecule has 0 saturated carbocycles. The molecule has 0 unspecified atom stereocenters. The van der Waals surface area contributed by atoms with Crippen LogP contribution < -0.4 is 4.90 Å². The average molecular weight is 255 g/mol. The van der Waals surface area contributed by atoms with Gasteiger partial charge in [-0.1, -0.05) is 18.2 Å². The van der Waals surface area contributed by atoms with Crippen LogP contribution >= 0.6 is 11.6 Å². The zero-order valence-electron chi connectivity index (χ0n) is 9.70. The van der Waals surface area contributed by atoms with Crippen LogP contribution in [-0.2, 0) is 0 Å². The van der Waals surface area contributed by atoms with Crippen LogP contribution in [0, 0.1) is 5.82 Å². The summed E-state index contributed by atoms with van der Waals surface area (Å²) in [6.45, 7) is 8.26. The molecule has 2 nitrogen and oxygen atoms in total. The van der Waals surface area contributed by atoms with Crippen LogP contribution in [0.25, 0.3) is 0 Å². The van der Waals surface area contributed by atoms with Gasteiger partial charge in [0.25, 0.3) is 0 Å². The third-order valence-electron chi connectivity index (χ3n) is 2.96. The third-order valence-corrected chi connectivity index (χ3v) is 3.08. The molecule has 0 radical (unpaired) electrons. The largest absolute Gasteiger partial charge is 0.369 e. The van der Waals surface area contributed by atoms with E-state index in [0.29, 0.717) is 5.03 Å². The molecule has 17 heavy (non-hydrogen) atoms. The number of anilines is 1. The zero-order chi connectivity index (χ0) is 12.3. The summed E-state index contributed by atoms with van der Waals surface area (Å²) in [5.74, 6) is -0.189. The maximum atomic E-state index is 12.8. The van der Waals surface area contributed by atoms with Gasteiger partial charge in [0.1, 0.15) is 5.82 Å². The number of rotatable bonds is 3. The van der Waals surface area contributed by atoms with E-state index >= 15 is 0 Å². The second-order valence-electron chi connectivity index (χ2n) is 4.26. The molecule has 0 aliphatic carbocycles. The number of hydrogen-bond acceptors (Lipinski definition) is 2. The monoisotopic (exact) mass is 254 g/mol. The van der Waals surface area contributed by atoms with Gasteiger partial charge in [-0.3, -0.25) is 4.90 Å². The Kier molecular flexibility index (Phi) is 4.02. The fourth-order valence-electron chi connectivity index (χ4n) is 2.06. The third kappa shape index (κ3) is 3.45. The van der Waals surface area contributed by atoms with Gasteiger partial charge in [-0.25, -0.2) is 4.39 Å². The maximum absolute atomic E-state index is 12.8. The van der Waals surface area contributed by atoms with Crippen molar-refractivity contribution in [2.45, 2.75) is 0 Å². The van der Waals surface area contributed by atoms with Crippen molar-refractivity contribution < 1.29 is 4.39 Å². The molecule has 1 aliphatic heterocycles. The fraction of sp³-hybridized carbons (Fsp3) is 0.385. The van der Waals surface area contributed by atoms with E-state index in [9.17, 15) is 4.39 Å². The Balaban J connectivity index is 1.90. The summed E-state index contributed by atoms with van der Waals surface area (Å²) < 4.78 is 12.8. The molecule has 1 saturated heterocycles. The van der Waals surface area contributed by atoms with E-state index < -0.39 is 0 Å². The summed E-state index contributed by atoms with van der Waals surface area (Å²) in [5, 5.41) is 0.681. The molecule has 0 spiro atoms. The van der Waals surface area contributed by atoms with Gasteiger partial charge >= 0.3 is 0 Å². The quantitative estimate of drug-likeness (QED) is 0.818. The van der Waals surface area contributed by atoms with E-state index in [1.54, 1.807) is 0 Å². The first-order valence-electron chi connectivity index (χ1n) is 5.71. The van der Waals surface area contributed by atoms with Crippen LogP contribution in [0.1, 0.15) is 0 Å². The number of hydrogen-bond donors (Lipinski definition) is 0. The summed E-state index contributed by atoms with van der Waals surface area (Å²) >= 11 is 5.79. The van der Waals surface area contributed by atoms with Crippen molar-refractivity contribution in [2.75, 3.05) is 37.6 Å². The minimum Gasteiger partial charge on any atom is -0.369 e. The first-order chi connectivity index (χ1) is 8.15. The van der Waals surface area contributed by atoms with Crippen LogP contribution in [0.15, 0.2) is 35.9 Å². The van der Waals surface area contributed by atoms with Crippen LogP contribution in [0.3, 0.4) is 0 Å². The summed E-state index contributed by atoms with van der Waals surface area (Å²) in [6, 6.07) is 6.65. The van der Waals surface area contributed by atoms with Crippen molar-refractivity contribution >= 4 is 17.3 Å². The van der Waals surface area contributed by atoms with Crippen molar-refractivity contribution in [3.05, 3.63) is 41.7 Å². The first kappa shape index (κ1) is 12.4. The van der Waals surface area contributed by atoms with E-state index in [2.05, 4.69) is 16.4 Å². The lowest BCUT2D eigenvalue weighted by atomic mass is 10.2. The highest BCUT2D eigenvalue weighted by atomic mass is 35.5. The Morgan fingerprint density at radius 3 is 2.29 bits per heavy atom. The number of benzene rings is 1. The minimum atomic E-state index is -0.189. The maximum Gasteiger partial charge on any atom is 0.123 e. The zero-order valence-corrected chi connectivity index (χ0v) is 10.5. The van der Waals surface area contributed by atoms with Crippen molar-refractivity contribution in [3.63, 3.8) is 0 Å². The summed E-state index contributed by atoms with van der Waals surface area (Å²) in [4.78, 5) is 4.53. The van der Waals surface area contributed by atoms with E-state index in [1.807, 2.05) is 12.1 Å². The Labute approximate surface area is 106 Å². The van der Waals surface area contributed by atoms with Crippen LogP contribution in [0.5, 0.6) is 0 Å². The lowest BCUT2D eigenvalue weighted by molar-refractivity contribution is 0.282. The van der Waals surface area contributed by atoms with Crippen molar-refractivity contribution in [1.82, 2.24) is 4.90 Å². The standard InChI is InChI=1S/C13H16ClFN2/c1-11(14)10-16-6-8-17(9-7-16)13-4-2-12(15)3-5-13/h2-5H,1,6-10H2. The molecule has 1 heterocycles. The lowest BCUT2D eigenvalue weighted by Crippen LogP contribution is -2.46. The smallest absolute Gasteiger partial charge is 0.123 e. The molecule has 1 aromatic rings. The van der Waals surface area contributed by atoms with Crippen molar-refractivity contribution in [1.29, 1.82) is 0 Å². The highest BCUT2D eigenvalue weighted by Gasteiger charge is 2.17. The van der Waals surface area contributed by atoms with E-state index in [1.165, 1.54) is 12.1 Å². The molecule has 0 aromatic heterocycles. The topological polar surface area (TPSA) is 6.48 Å². The second-order valence-corrected chi connectivity index (χ2v) is 4.79. The van der Waals surface area contributed by atoms with Crippen LogP contribution in [0.2, 0.25) is 0 Å². The Morgan fingerprint density at radius 1 is 1.18 bits per heavy atom. The number of halogens is 2. The predicted octanol–water partition coefficient (Wildman–Crippen LogP) is 2.70. The van der Waals surface area contributed by atoms with Gasteiger partial charge in [0, 0.05) is 43.4 Å². The SMILES string of the molecule is C=C(Cl)CN1CCN(c2ccc(F)cc2)CC1. The molecule has 1 aromatic carbocycles. The molecule has 0 N–H and O–H groups in total. The molecule has 2 rings (SSSR count). The highest BCUT2D eigenvalue weighted by molar-refractivity contribution is 6.29. The molecule has 1 fully saturated rings. The van der Waals surface area contributed by atoms with Crippen LogP contribution in [-0.4, -0.2) is 37.6 Å². The van der Waals surface area contributed by atoms with Gasteiger partial charge < -0.3 is 4.90 Å². The van der Waals surface area contributed by atoms with Gasteiger partial charge in [0.05, 0.1) is 0 Å². The number of piperazine rings is 1. The van der Waals surface area contributed by atoms with Crippen LogP contribution in [0.4, 0.5) is 10.1 Å². The van der Waals surface area contributed by atoms with Crippen molar-refractivity contribution in [2.24, 2.45) is 0 Å². The summed E-state index contributed by atoms with van der Waals surface area (Å²) in [7, 11) is 0. The molecular formula is C13H16ClFN2. The second kappa shape index (κ2) is 5.52. The summed E-state index contributed by atoms with van der Waals surface area (Å²) in [6.07, 6.45) is 0. The highest BCUT2D eigenvalue weighted by Crippen LogP contribution is 2.17. The Bertz CT molecular complexity index is 383. The summed E-state index contributed by atoms with van der Waals surface area (Å²) in [5.41, 5.74) is 1.08. The minimum absolute atomic E-state index is 0.189. The van der Waals surface area contributed by atoms with Gasteiger partial charge in [0.2, 0.25) is 0 Å². The lowest BCUT2D eigenvalue weighted by Gasteiger charge is -2.35. The molecular weight excluding hydrogens is 239 g/mol. The van der Waals surface area contributed by atoms with Gasteiger partial charge in [-0.2, -0.15) is 0 Å². The molecule has 0 amide bonds. The molecule has 4 heteroatoms.